The van der Waals surface area contributed by atoms with Gasteiger partial charge in [-0.05, 0) is 36.2 Å². The third-order valence-corrected chi connectivity index (χ3v) is 3.36. The van der Waals surface area contributed by atoms with E-state index in [2.05, 4.69) is 4.98 Å². The van der Waals surface area contributed by atoms with Crippen molar-refractivity contribution < 1.29 is 8.78 Å². The van der Waals surface area contributed by atoms with Crippen LogP contribution in [-0.4, -0.2) is 11.5 Å². The zero-order chi connectivity index (χ0) is 13.9. The van der Waals surface area contributed by atoms with Crippen molar-refractivity contribution in [3.8, 4) is 0 Å². The number of pyridine rings is 1. The summed E-state index contributed by atoms with van der Waals surface area (Å²) in [5.74, 6) is -1.11. The molecule has 0 amide bonds. The molecule has 0 aliphatic carbocycles. The van der Waals surface area contributed by atoms with E-state index in [1.807, 2.05) is 12.1 Å². The number of nitrogens with zero attached hydrogens (tertiary/aromatic N) is 1. The Balaban J connectivity index is 2.43. The van der Waals surface area contributed by atoms with Crippen LogP contribution in [0.2, 0.25) is 0 Å². The van der Waals surface area contributed by atoms with Gasteiger partial charge in [0.15, 0.2) is 0 Å². The molecule has 0 fully saturated rings. The second kappa shape index (κ2) is 5.45. The predicted octanol–water partition coefficient (Wildman–Crippen LogP) is 2.82. The molecule has 0 saturated heterocycles. The highest BCUT2D eigenvalue weighted by Crippen LogP contribution is 2.31. The molecule has 4 heteroatoms. The lowest BCUT2D eigenvalue weighted by molar-refractivity contribution is 0.420. The molecule has 2 aromatic rings. The molecule has 0 saturated carbocycles. The standard InChI is InChI=1S/C15H16F2N2/c1-15(10-18,9-11-5-7-19-8-6-11)14-12(16)3-2-4-13(14)17/h2-8H,9-10,18H2,1H3. The average Bonchev–Trinajstić information content (AvgIpc) is 2.39. The second-order valence-electron chi connectivity index (χ2n) is 4.89. The maximum atomic E-state index is 13.9. The van der Waals surface area contributed by atoms with Crippen LogP contribution in [0.5, 0.6) is 0 Å². The fourth-order valence-electron chi connectivity index (χ4n) is 2.29. The highest BCUT2D eigenvalue weighted by atomic mass is 19.1. The van der Waals surface area contributed by atoms with Gasteiger partial charge in [0.1, 0.15) is 11.6 Å². The van der Waals surface area contributed by atoms with Gasteiger partial charge in [-0.1, -0.05) is 13.0 Å². The zero-order valence-corrected chi connectivity index (χ0v) is 10.7. The zero-order valence-electron chi connectivity index (χ0n) is 10.7. The smallest absolute Gasteiger partial charge is 0.129 e. The number of hydrogen-bond donors (Lipinski definition) is 1. The molecule has 0 aliphatic rings. The molecule has 0 spiro atoms. The van der Waals surface area contributed by atoms with Gasteiger partial charge in [-0.25, -0.2) is 8.78 Å². The molecule has 1 atom stereocenters. The van der Waals surface area contributed by atoms with Gasteiger partial charge in [0.2, 0.25) is 0 Å². The second-order valence-corrected chi connectivity index (χ2v) is 4.89. The average molecular weight is 262 g/mol. The number of halogens is 2. The summed E-state index contributed by atoms with van der Waals surface area (Å²) in [6, 6.07) is 7.54. The van der Waals surface area contributed by atoms with E-state index in [1.165, 1.54) is 18.2 Å². The van der Waals surface area contributed by atoms with Crippen molar-refractivity contribution in [2.75, 3.05) is 6.54 Å². The number of nitrogens with two attached hydrogens (primary N) is 1. The summed E-state index contributed by atoms with van der Waals surface area (Å²) in [7, 11) is 0. The molecule has 19 heavy (non-hydrogen) atoms. The molecule has 1 unspecified atom stereocenters. The van der Waals surface area contributed by atoms with Gasteiger partial charge in [0.05, 0.1) is 0 Å². The first-order chi connectivity index (χ1) is 9.07. The summed E-state index contributed by atoms with van der Waals surface area (Å²) in [6.07, 6.45) is 3.78. The first-order valence-electron chi connectivity index (χ1n) is 6.10. The molecule has 1 aromatic heterocycles. The molecule has 0 bridgehead atoms. The molecular formula is C15H16F2N2. The Labute approximate surface area is 111 Å². The van der Waals surface area contributed by atoms with Gasteiger partial charge in [0.25, 0.3) is 0 Å². The first kappa shape index (κ1) is 13.6. The van der Waals surface area contributed by atoms with Crippen LogP contribution in [0, 0.1) is 11.6 Å². The highest BCUT2D eigenvalue weighted by molar-refractivity contribution is 5.31. The fraction of sp³-hybridized carbons (Fsp3) is 0.267. The lowest BCUT2D eigenvalue weighted by Crippen LogP contribution is -2.36. The molecule has 2 nitrogen and oxygen atoms in total. The Morgan fingerprint density at radius 2 is 1.68 bits per heavy atom. The molecule has 0 radical (unpaired) electrons. The molecule has 100 valence electrons. The van der Waals surface area contributed by atoms with Crippen molar-refractivity contribution in [2.24, 2.45) is 5.73 Å². The van der Waals surface area contributed by atoms with Gasteiger partial charge in [0, 0.05) is 29.9 Å². The Morgan fingerprint density at radius 3 is 2.21 bits per heavy atom. The number of benzene rings is 1. The minimum atomic E-state index is -0.781. The Hall–Kier alpha value is -1.81. The van der Waals surface area contributed by atoms with E-state index in [4.69, 9.17) is 5.73 Å². The van der Waals surface area contributed by atoms with Crippen LogP contribution in [0.25, 0.3) is 0 Å². The van der Waals surface area contributed by atoms with Crippen LogP contribution < -0.4 is 5.73 Å². The summed E-state index contributed by atoms with van der Waals surface area (Å²) in [5.41, 5.74) is 5.99. The van der Waals surface area contributed by atoms with E-state index in [-0.39, 0.29) is 12.1 Å². The monoisotopic (exact) mass is 262 g/mol. The molecule has 2 rings (SSSR count). The van der Waals surface area contributed by atoms with E-state index in [0.717, 1.165) is 5.56 Å². The number of hydrogen-bond acceptors (Lipinski definition) is 2. The molecule has 2 N–H and O–H groups in total. The van der Waals surface area contributed by atoms with Gasteiger partial charge in [-0.3, -0.25) is 4.98 Å². The van der Waals surface area contributed by atoms with Crippen LogP contribution in [0.4, 0.5) is 8.78 Å². The van der Waals surface area contributed by atoms with Crippen molar-refractivity contribution in [1.29, 1.82) is 0 Å². The largest absolute Gasteiger partial charge is 0.330 e. The molecule has 1 heterocycles. The summed E-state index contributed by atoms with van der Waals surface area (Å²) in [4.78, 5) is 3.93. The maximum Gasteiger partial charge on any atom is 0.129 e. The van der Waals surface area contributed by atoms with Crippen LogP contribution >= 0.6 is 0 Å². The fourth-order valence-corrected chi connectivity index (χ4v) is 2.29. The Morgan fingerprint density at radius 1 is 1.11 bits per heavy atom. The van der Waals surface area contributed by atoms with Gasteiger partial charge in [-0.2, -0.15) is 0 Å². The predicted molar refractivity (Wildman–Crippen MR) is 70.7 cm³/mol. The van der Waals surface area contributed by atoms with Crippen molar-refractivity contribution >= 4 is 0 Å². The summed E-state index contributed by atoms with van der Waals surface area (Å²) in [5, 5.41) is 0. The number of aromatic nitrogens is 1. The van der Waals surface area contributed by atoms with Crippen LogP contribution in [-0.2, 0) is 11.8 Å². The quantitative estimate of drug-likeness (QED) is 0.920. The van der Waals surface area contributed by atoms with Gasteiger partial charge < -0.3 is 5.73 Å². The van der Waals surface area contributed by atoms with E-state index >= 15 is 0 Å². The SMILES string of the molecule is CC(CN)(Cc1ccncc1)c1c(F)cccc1F. The van der Waals surface area contributed by atoms with Crippen molar-refractivity contribution in [1.82, 2.24) is 4.98 Å². The maximum absolute atomic E-state index is 13.9. The van der Waals surface area contributed by atoms with Gasteiger partial charge >= 0.3 is 0 Å². The van der Waals surface area contributed by atoms with Crippen LogP contribution in [0.15, 0.2) is 42.7 Å². The highest BCUT2D eigenvalue weighted by Gasteiger charge is 2.31. The third kappa shape index (κ3) is 2.79. The topological polar surface area (TPSA) is 38.9 Å². The summed E-state index contributed by atoms with van der Waals surface area (Å²) in [6.45, 7) is 1.93. The normalized spacial score (nSPS) is 14.1. The Bertz CT molecular complexity index is 537. The minimum Gasteiger partial charge on any atom is -0.330 e. The van der Waals surface area contributed by atoms with E-state index in [9.17, 15) is 8.78 Å². The molecule has 0 aliphatic heterocycles. The molecular weight excluding hydrogens is 246 g/mol. The van der Waals surface area contributed by atoms with Crippen LogP contribution in [0.1, 0.15) is 18.1 Å². The minimum absolute atomic E-state index is 0.0503. The van der Waals surface area contributed by atoms with Gasteiger partial charge in [-0.15, -0.1) is 0 Å². The van der Waals surface area contributed by atoms with E-state index in [0.29, 0.717) is 6.42 Å². The van der Waals surface area contributed by atoms with Crippen molar-refractivity contribution in [2.45, 2.75) is 18.8 Å². The lowest BCUT2D eigenvalue weighted by atomic mass is 9.77. The Kier molecular flexibility index (Phi) is 3.90. The third-order valence-electron chi connectivity index (χ3n) is 3.36. The summed E-state index contributed by atoms with van der Waals surface area (Å²) >= 11 is 0. The first-order valence-corrected chi connectivity index (χ1v) is 6.10. The van der Waals surface area contributed by atoms with Crippen LogP contribution in [0.3, 0.4) is 0 Å². The number of rotatable bonds is 4. The van der Waals surface area contributed by atoms with Crippen molar-refractivity contribution in [3.05, 3.63) is 65.5 Å². The van der Waals surface area contributed by atoms with E-state index in [1.54, 1.807) is 19.3 Å². The molecule has 1 aromatic carbocycles. The summed E-state index contributed by atoms with van der Waals surface area (Å²) < 4.78 is 27.9. The van der Waals surface area contributed by atoms with Crippen molar-refractivity contribution in [3.63, 3.8) is 0 Å². The van der Waals surface area contributed by atoms with E-state index < -0.39 is 17.0 Å². The lowest BCUT2D eigenvalue weighted by Gasteiger charge is -2.29.